The SMILES string of the molecule is COc1cc(CNC(C)(C)CC(C)(C)C)ccc1OCc1ccc(Cl)nc1.Cl. The molecule has 0 aliphatic carbocycles. The number of nitrogens with one attached hydrogen (secondary N) is 1. The van der Waals surface area contributed by atoms with E-state index in [1.54, 1.807) is 19.4 Å². The lowest BCUT2D eigenvalue weighted by molar-refractivity contribution is 0.240. The molecule has 0 spiro atoms. The summed E-state index contributed by atoms with van der Waals surface area (Å²) in [5, 5.41) is 4.12. The Morgan fingerprint density at radius 3 is 2.25 bits per heavy atom. The number of halogens is 2. The molecule has 6 heteroatoms. The molecule has 1 aromatic heterocycles. The molecule has 0 radical (unpaired) electrons. The van der Waals surface area contributed by atoms with Gasteiger partial charge in [0.2, 0.25) is 0 Å². The zero-order valence-corrected chi connectivity index (χ0v) is 19.2. The van der Waals surface area contributed by atoms with Gasteiger partial charge in [-0.05, 0) is 49.4 Å². The molecule has 0 saturated carbocycles. The van der Waals surface area contributed by atoms with Crippen LogP contribution in [-0.2, 0) is 13.2 Å². The maximum atomic E-state index is 5.89. The van der Waals surface area contributed by atoms with E-state index in [-0.39, 0.29) is 23.4 Å². The van der Waals surface area contributed by atoms with Crippen molar-refractivity contribution in [2.45, 2.75) is 59.7 Å². The summed E-state index contributed by atoms with van der Waals surface area (Å²) in [7, 11) is 1.66. The molecular weight excluding hydrogens is 395 g/mol. The predicted molar refractivity (Wildman–Crippen MR) is 119 cm³/mol. The Labute approximate surface area is 180 Å². The van der Waals surface area contributed by atoms with E-state index in [4.69, 9.17) is 21.1 Å². The first kappa shape index (κ1) is 24.5. The predicted octanol–water partition coefficient (Wildman–Crippen LogP) is 6.05. The van der Waals surface area contributed by atoms with Crippen LogP contribution in [0.15, 0.2) is 36.5 Å². The van der Waals surface area contributed by atoms with Crippen LogP contribution in [0.5, 0.6) is 11.5 Å². The van der Waals surface area contributed by atoms with Crippen LogP contribution in [0.3, 0.4) is 0 Å². The molecule has 2 rings (SSSR count). The zero-order chi connectivity index (χ0) is 20.1. The van der Waals surface area contributed by atoms with Crippen LogP contribution in [0.2, 0.25) is 5.15 Å². The molecule has 1 N–H and O–H groups in total. The molecule has 0 bridgehead atoms. The van der Waals surface area contributed by atoms with E-state index in [0.717, 1.165) is 29.8 Å². The van der Waals surface area contributed by atoms with Gasteiger partial charge >= 0.3 is 0 Å². The van der Waals surface area contributed by atoms with E-state index in [0.29, 0.717) is 17.5 Å². The number of rotatable bonds is 8. The fourth-order valence-electron chi connectivity index (χ4n) is 3.32. The zero-order valence-electron chi connectivity index (χ0n) is 17.6. The van der Waals surface area contributed by atoms with E-state index in [2.05, 4.69) is 51.0 Å². The molecule has 0 fully saturated rings. The first-order valence-corrected chi connectivity index (χ1v) is 9.61. The van der Waals surface area contributed by atoms with Crippen LogP contribution in [0.1, 0.15) is 52.2 Å². The third-order valence-electron chi connectivity index (χ3n) is 4.15. The Hall–Kier alpha value is -1.49. The van der Waals surface area contributed by atoms with Crippen molar-refractivity contribution in [3.63, 3.8) is 0 Å². The molecule has 1 heterocycles. The Balaban J connectivity index is 0.00000392. The molecule has 4 nitrogen and oxygen atoms in total. The van der Waals surface area contributed by atoms with Crippen molar-refractivity contribution in [3.8, 4) is 11.5 Å². The second-order valence-electron chi connectivity index (χ2n) is 8.74. The summed E-state index contributed by atoms with van der Waals surface area (Å²) in [5.41, 5.74) is 2.45. The van der Waals surface area contributed by atoms with Crippen LogP contribution >= 0.6 is 24.0 Å². The van der Waals surface area contributed by atoms with E-state index in [1.807, 2.05) is 18.2 Å². The van der Waals surface area contributed by atoms with Crippen LogP contribution in [0, 0.1) is 5.41 Å². The molecule has 0 saturated heterocycles. The highest BCUT2D eigenvalue weighted by molar-refractivity contribution is 6.29. The van der Waals surface area contributed by atoms with Crippen molar-refractivity contribution in [2.24, 2.45) is 5.41 Å². The van der Waals surface area contributed by atoms with Crippen LogP contribution in [-0.4, -0.2) is 17.6 Å². The molecule has 156 valence electrons. The second-order valence-corrected chi connectivity index (χ2v) is 9.13. The quantitative estimate of drug-likeness (QED) is 0.521. The summed E-state index contributed by atoms with van der Waals surface area (Å²) >= 11 is 5.81. The van der Waals surface area contributed by atoms with Gasteiger partial charge in [0.05, 0.1) is 7.11 Å². The maximum Gasteiger partial charge on any atom is 0.161 e. The van der Waals surface area contributed by atoms with Crippen molar-refractivity contribution in [2.75, 3.05) is 7.11 Å². The number of aromatic nitrogens is 1. The van der Waals surface area contributed by atoms with Gasteiger partial charge in [0, 0.05) is 23.8 Å². The summed E-state index contributed by atoms with van der Waals surface area (Å²) in [6, 6.07) is 9.70. The summed E-state index contributed by atoms with van der Waals surface area (Å²) in [6.07, 6.45) is 2.80. The Bertz CT molecular complexity index is 741. The number of methoxy groups -OCH3 is 1. The largest absolute Gasteiger partial charge is 0.493 e. The van der Waals surface area contributed by atoms with Crippen molar-refractivity contribution in [1.82, 2.24) is 10.3 Å². The topological polar surface area (TPSA) is 43.4 Å². The normalized spacial score (nSPS) is 11.7. The van der Waals surface area contributed by atoms with Gasteiger partial charge < -0.3 is 14.8 Å². The van der Waals surface area contributed by atoms with Crippen molar-refractivity contribution < 1.29 is 9.47 Å². The van der Waals surface area contributed by atoms with Crippen LogP contribution in [0.25, 0.3) is 0 Å². The van der Waals surface area contributed by atoms with E-state index in [1.165, 1.54) is 0 Å². The van der Waals surface area contributed by atoms with Gasteiger partial charge in [-0.25, -0.2) is 4.98 Å². The monoisotopic (exact) mass is 426 g/mol. The highest BCUT2D eigenvalue weighted by Crippen LogP contribution is 2.30. The average Bonchev–Trinajstić information content (AvgIpc) is 2.58. The highest BCUT2D eigenvalue weighted by Gasteiger charge is 2.24. The van der Waals surface area contributed by atoms with Crippen molar-refractivity contribution in [3.05, 3.63) is 52.8 Å². The molecule has 0 aliphatic rings. The van der Waals surface area contributed by atoms with Crippen LogP contribution in [0.4, 0.5) is 0 Å². The molecule has 0 aliphatic heterocycles. The van der Waals surface area contributed by atoms with Crippen molar-refractivity contribution >= 4 is 24.0 Å². The summed E-state index contributed by atoms with van der Waals surface area (Å²) in [5.74, 6) is 1.44. The van der Waals surface area contributed by atoms with Gasteiger partial charge in [-0.15, -0.1) is 12.4 Å². The summed E-state index contributed by atoms with van der Waals surface area (Å²) in [4.78, 5) is 4.07. The van der Waals surface area contributed by atoms with Gasteiger partial charge in [-0.2, -0.15) is 0 Å². The summed E-state index contributed by atoms with van der Waals surface area (Å²) in [6.45, 7) is 12.5. The number of ether oxygens (including phenoxy) is 2. The number of hydrogen-bond donors (Lipinski definition) is 1. The first-order chi connectivity index (χ1) is 12.6. The van der Waals surface area contributed by atoms with Crippen molar-refractivity contribution in [1.29, 1.82) is 0 Å². The van der Waals surface area contributed by atoms with Gasteiger partial charge in [0.15, 0.2) is 11.5 Å². The molecule has 0 unspecified atom stereocenters. The van der Waals surface area contributed by atoms with E-state index < -0.39 is 0 Å². The molecule has 0 atom stereocenters. The standard InChI is InChI=1S/C22H31ClN2O2.ClH/c1-21(2,3)15-22(4,5)25-13-16-7-9-18(19(11-16)26-6)27-14-17-8-10-20(23)24-12-17;/h7-12,25H,13-15H2,1-6H3;1H. The summed E-state index contributed by atoms with van der Waals surface area (Å²) < 4.78 is 11.4. The molecular formula is C22H32Cl2N2O2. The van der Waals surface area contributed by atoms with Gasteiger partial charge in [0.25, 0.3) is 0 Å². The van der Waals surface area contributed by atoms with Gasteiger partial charge in [-0.3, -0.25) is 0 Å². The van der Waals surface area contributed by atoms with E-state index >= 15 is 0 Å². The third-order valence-corrected chi connectivity index (χ3v) is 4.38. The average molecular weight is 427 g/mol. The Kier molecular flexibility index (Phi) is 9.06. The highest BCUT2D eigenvalue weighted by atomic mass is 35.5. The Morgan fingerprint density at radius 1 is 1.00 bits per heavy atom. The lowest BCUT2D eigenvalue weighted by Crippen LogP contribution is -2.41. The minimum absolute atomic E-state index is 0. The fourth-order valence-corrected chi connectivity index (χ4v) is 3.44. The minimum atomic E-state index is 0. The van der Waals surface area contributed by atoms with Crippen LogP contribution < -0.4 is 14.8 Å². The smallest absolute Gasteiger partial charge is 0.161 e. The third kappa shape index (κ3) is 8.26. The lowest BCUT2D eigenvalue weighted by atomic mass is 9.82. The molecule has 28 heavy (non-hydrogen) atoms. The number of benzene rings is 1. The van der Waals surface area contributed by atoms with E-state index in [9.17, 15) is 0 Å². The Morgan fingerprint density at radius 2 is 1.68 bits per heavy atom. The fraction of sp³-hybridized carbons (Fsp3) is 0.500. The minimum Gasteiger partial charge on any atom is -0.493 e. The first-order valence-electron chi connectivity index (χ1n) is 9.23. The number of hydrogen-bond acceptors (Lipinski definition) is 4. The second kappa shape index (κ2) is 10.3. The molecule has 0 amide bonds. The molecule has 2 aromatic rings. The maximum absolute atomic E-state index is 5.89. The van der Waals surface area contributed by atoms with Gasteiger partial charge in [0.1, 0.15) is 11.8 Å². The number of pyridine rings is 1. The van der Waals surface area contributed by atoms with Gasteiger partial charge in [-0.1, -0.05) is 44.5 Å². The lowest BCUT2D eigenvalue weighted by Gasteiger charge is -2.33. The molecule has 1 aromatic carbocycles. The number of nitrogens with zero attached hydrogens (tertiary/aromatic N) is 1.